The van der Waals surface area contributed by atoms with E-state index in [0.717, 1.165) is 85.8 Å². The molecule has 4 heterocycles. The molecule has 0 atom stereocenters. The Hall–Kier alpha value is -3.65. The Bertz CT molecular complexity index is 1570. The first-order valence-corrected chi connectivity index (χ1v) is 15.5. The van der Waals surface area contributed by atoms with E-state index in [4.69, 9.17) is 0 Å². The number of halogens is 2. The van der Waals surface area contributed by atoms with Crippen molar-refractivity contribution < 1.29 is 4.79 Å². The van der Waals surface area contributed by atoms with E-state index in [9.17, 15) is 14.4 Å². The Balaban J connectivity index is 0.000000197. The van der Waals surface area contributed by atoms with Crippen LogP contribution in [-0.4, -0.2) is 83.5 Å². The predicted molar refractivity (Wildman–Crippen MR) is 183 cm³/mol. The second-order valence-electron chi connectivity index (χ2n) is 9.77. The lowest BCUT2D eigenvalue weighted by atomic mass is 10.2. The van der Waals surface area contributed by atoms with Crippen LogP contribution in [0.1, 0.15) is 23.3 Å². The number of hydrogen-bond donors (Lipinski definition) is 3. The molecule has 2 aliphatic rings. The van der Waals surface area contributed by atoms with Crippen LogP contribution < -0.4 is 26.2 Å². The lowest BCUT2D eigenvalue weighted by molar-refractivity contribution is 0.112. The highest BCUT2D eigenvalue weighted by Gasteiger charge is 2.19. The van der Waals surface area contributed by atoms with E-state index in [2.05, 4.69) is 90.0 Å². The van der Waals surface area contributed by atoms with Gasteiger partial charge in [0, 0.05) is 85.5 Å². The molecule has 0 spiro atoms. The average molecular weight is 731 g/mol. The highest BCUT2D eigenvalue weighted by Crippen LogP contribution is 2.19. The molecule has 2 aliphatic heterocycles. The van der Waals surface area contributed by atoms with Crippen molar-refractivity contribution in [2.45, 2.75) is 14.0 Å². The lowest BCUT2D eigenvalue weighted by Crippen LogP contribution is -2.46. The largest absolute Gasteiger partial charge is 0.354 e. The van der Waals surface area contributed by atoms with Crippen molar-refractivity contribution in [3.05, 3.63) is 114 Å². The minimum atomic E-state index is -0.101. The molecule has 0 unspecified atom stereocenters. The van der Waals surface area contributed by atoms with E-state index in [1.807, 2.05) is 24.3 Å². The minimum Gasteiger partial charge on any atom is -0.354 e. The van der Waals surface area contributed by atoms with Gasteiger partial charge in [-0.2, -0.15) is 0 Å². The third-order valence-electron chi connectivity index (χ3n) is 6.85. The third-order valence-corrected chi connectivity index (χ3v) is 8.34. The number of nitrogens with zero attached hydrogens (tertiary/aromatic N) is 5. The van der Waals surface area contributed by atoms with Crippen molar-refractivity contribution in [3.63, 3.8) is 0 Å². The number of H-pyrrole nitrogens is 2. The topological polar surface area (TPSA) is 130 Å². The van der Waals surface area contributed by atoms with Crippen LogP contribution in [0.2, 0.25) is 0 Å². The molecule has 13 heteroatoms. The van der Waals surface area contributed by atoms with E-state index >= 15 is 0 Å². The molecule has 0 amide bonds. The van der Waals surface area contributed by atoms with Gasteiger partial charge in [0.15, 0.2) is 6.29 Å². The molecule has 2 aromatic carbocycles. The average Bonchev–Trinajstić information content (AvgIpc) is 3.04. The molecular weight excluding hydrogens is 692 g/mol. The molecule has 2 fully saturated rings. The van der Waals surface area contributed by atoms with Crippen LogP contribution in [0.4, 0.5) is 11.6 Å². The number of piperazine rings is 2. The van der Waals surface area contributed by atoms with Crippen molar-refractivity contribution in [2.75, 3.05) is 62.2 Å². The van der Waals surface area contributed by atoms with Gasteiger partial charge in [-0.05, 0) is 17.7 Å². The maximum absolute atomic E-state index is 11.3. The second-order valence-corrected chi connectivity index (χ2v) is 11.5. The molecule has 0 saturated carbocycles. The lowest BCUT2D eigenvalue weighted by Gasteiger charge is -2.35. The van der Waals surface area contributed by atoms with Crippen LogP contribution in [0.3, 0.4) is 0 Å². The Kier molecular flexibility index (Phi) is 14.4. The molecule has 2 saturated heterocycles. The summed E-state index contributed by atoms with van der Waals surface area (Å²) >= 11 is 6.82. The monoisotopic (exact) mass is 728 g/mol. The number of carbonyl (C=O) groups is 1. The predicted octanol–water partition coefficient (Wildman–Crippen LogP) is 3.93. The van der Waals surface area contributed by atoms with Crippen molar-refractivity contribution in [1.82, 2.24) is 30.2 Å². The van der Waals surface area contributed by atoms with Gasteiger partial charge in [0.05, 0.1) is 12.7 Å². The van der Waals surface area contributed by atoms with Gasteiger partial charge in [-0.1, -0.05) is 75.7 Å². The normalized spacial score (nSPS) is 14.7. The minimum absolute atomic E-state index is 0. The Morgan fingerprint density at radius 3 is 1.75 bits per heavy atom. The summed E-state index contributed by atoms with van der Waals surface area (Å²) in [4.78, 5) is 52.6. The van der Waals surface area contributed by atoms with Gasteiger partial charge in [0.2, 0.25) is 0 Å². The third kappa shape index (κ3) is 10.8. The highest BCUT2D eigenvalue weighted by molar-refractivity contribution is 9.10. The zero-order chi connectivity index (χ0) is 30.4. The van der Waals surface area contributed by atoms with E-state index in [1.165, 1.54) is 24.3 Å². The first-order valence-electron chi connectivity index (χ1n) is 13.9. The molecule has 0 radical (unpaired) electrons. The summed E-state index contributed by atoms with van der Waals surface area (Å²) < 4.78 is 2.00. The SMILES string of the molecule is C.O=Cc1ccccc1Br.O=c1cc(N2CCN(Cc3ccccc3Br)CC2)nc[nH]1.O=c1cc(N2CCNCC2)nc[nH]1. The second kappa shape index (κ2) is 18.2. The van der Waals surface area contributed by atoms with Gasteiger partial charge >= 0.3 is 0 Å². The first kappa shape index (κ1) is 34.8. The highest BCUT2D eigenvalue weighted by atomic mass is 79.9. The van der Waals surface area contributed by atoms with Crippen LogP contribution in [-0.2, 0) is 6.54 Å². The fourth-order valence-electron chi connectivity index (χ4n) is 4.53. The summed E-state index contributed by atoms with van der Waals surface area (Å²) in [6, 6.07) is 18.7. The van der Waals surface area contributed by atoms with E-state index < -0.39 is 0 Å². The molecule has 6 rings (SSSR count). The van der Waals surface area contributed by atoms with Gasteiger partial charge in [0.1, 0.15) is 11.6 Å². The fraction of sp³-hybridized carbons (Fsp3) is 0.323. The number of aromatic nitrogens is 4. The van der Waals surface area contributed by atoms with Crippen LogP contribution in [0.15, 0.2) is 91.9 Å². The molecule has 0 bridgehead atoms. The number of aromatic amines is 2. The number of rotatable bonds is 5. The standard InChI is InChI=1S/C15H17BrN4O.C8H12N4O.C7H5BrO.CH4/c16-13-4-2-1-3-12(13)10-19-5-7-20(8-6-19)14-9-15(21)18-11-17-14;13-8-5-7(10-6-11-8)12-3-1-9-2-4-12;8-7-4-2-1-3-6(7)5-9;/h1-4,9,11H,5-8,10H2,(H,17,18,21);5-6,9H,1-4H2,(H,10,11,13);1-5H;1H4. The maximum atomic E-state index is 11.3. The number of benzene rings is 2. The van der Waals surface area contributed by atoms with Crippen LogP contribution >= 0.6 is 31.9 Å². The fourth-order valence-corrected chi connectivity index (χ4v) is 5.32. The van der Waals surface area contributed by atoms with E-state index in [-0.39, 0.29) is 18.5 Å². The number of hydrogen-bond acceptors (Lipinski definition) is 9. The summed E-state index contributed by atoms with van der Waals surface area (Å²) in [5.74, 6) is 1.53. The van der Waals surface area contributed by atoms with Crippen molar-refractivity contribution >= 4 is 49.8 Å². The van der Waals surface area contributed by atoms with Crippen LogP contribution in [0.25, 0.3) is 0 Å². The Labute approximate surface area is 274 Å². The molecule has 4 aromatic rings. The summed E-state index contributed by atoms with van der Waals surface area (Å²) in [7, 11) is 0. The summed E-state index contributed by atoms with van der Waals surface area (Å²) in [6.45, 7) is 8.39. The Morgan fingerprint density at radius 1 is 0.727 bits per heavy atom. The van der Waals surface area contributed by atoms with E-state index in [1.54, 1.807) is 12.1 Å². The van der Waals surface area contributed by atoms with Crippen molar-refractivity contribution in [2.24, 2.45) is 0 Å². The number of anilines is 2. The van der Waals surface area contributed by atoms with E-state index in [0.29, 0.717) is 5.56 Å². The van der Waals surface area contributed by atoms with Crippen molar-refractivity contribution in [3.8, 4) is 0 Å². The van der Waals surface area contributed by atoms with Gasteiger partial charge in [-0.25, -0.2) is 9.97 Å². The number of nitrogens with one attached hydrogen (secondary N) is 3. The Morgan fingerprint density at radius 2 is 1.25 bits per heavy atom. The van der Waals surface area contributed by atoms with Gasteiger partial charge in [-0.15, -0.1) is 0 Å². The number of aldehydes is 1. The quantitative estimate of drug-likeness (QED) is 0.262. The van der Waals surface area contributed by atoms with Gasteiger partial charge in [0.25, 0.3) is 11.1 Å². The van der Waals surface area contributed by atoms with Gasteiger partial charge < -0.3 is 25.1 Å². The molecule has 11 nitrogen and oxygen atoms in total. The maximum Gasteiger partial charge on any atom is 0.252 e. The first-order chi connectivity index (χ1) is 20.9. The summed E-state index contributed by atoms with van der Waals surface area (Å²) in [5, 5.41) is 3.24. The van der Waals surface area contributed by atoms with Gasteiger partial charge in [-0.3, -0.25) is 19.3 Å². The molecule has 234 valence electrons. The molecule has 3 N–H and O–H groups in total. The summed E-state index contributed by atoms with van der Waals surface area (Å²) in [6.07, 6.45) is 3.73. The molecule has 2 aromatic heterocycles. The summed E-state index contributed by atoms with van der Waals surface area (Å²) in [5.41, 5.74) is 1.80. The smallest absolute Gasteiger partial charge is 0.252 e. The zero-order valence-electron chi connectivity index (χ0n) is 23.6. The van der Waals surface area contributed by atoms with Crippen LogP contribution in [0.5, 0.6) is 0 Å². The molecule has 0 aliphatic carbocycles. The molecule has 44 heavy (non-hydrogen) atoms. The zero-order valence-corrected chi connectivity index (χ0v) is 26.8. The van der Waals surface area contributed by atoms with Crippen LogP contribution in [0, 0.1) is 0 Å². The number of carbonyl (C=O) groups excluding carboxylic acids is 1. The van der Waals surface area contributed by atoms with Crippen molar-refractivity contribution in [1.29, 1.82) is 0 Å². The molecular formula is C31H38Br2N8O3.